The van der Waals surface area contributed by atoms with Crippen molar-refractivity contribution in [2.24, 2.45) is 0 Å². The molecule has 0 bridgehead atoms. The minimum Gasteiger partial charge on any atom is -0.352 e. The summed E-state index contributed by atoms with van der Waals surface area (Å²) in [4.78, 5) is 55.3. The number of halogens is 1. The molecule has 7 nitrogen and oxygen atoms in total. The third-order valence-corrected chi connectivity index (χ3v) is 7.22. The van der Waals surface area contributed by atoms with E-state index in [0.717, 1.165) is 10.5 Å². The molecule has 2 atom stereocenters. The summed E-state index contributed by atoms with van der Waals surface area (Å²) < 4.78 is 14.7. The van der Waals surface area contributed by atoms with E-state index in [9.17, 15) is 23.6 Å². The van der Waals surface area contributed by atoms with Gasteiger partial charge in [-0.3, -0.25) is 24.1 Å². The van der Waals surface area contributed by atoms with E-state index >= 15 is 0 Å². The lowest BCUT2D eigenvalue weighted by Crippen LogP contribution is -2.52. The van der Waals surface area contributed by atoms with Gasteiger partial charge in [-0.05, 0) is 43.5 Å². The lowest BCUT2D eigenvalue weighted by Gasteiger charge is -2.32. The van der Waals surface area contributed by atoms with Gasteiger partial charge in [-0.25, -0.2) is 4.39 Å². The molecule has 0 aromatic heterocycles. The summed E-state index contributed by atoms with van der Waals surface area (Å²) in [6, 6.07) is 21.2. The summed E-state index contributed by atoms with van der Waals surface area (Å²) in [6.07, 6.45) is 1.15. The number of carbonyl (C=O) groups is 4. The molecule has 0 spiro atoms. The zero-order valence-electron chi connectivity index (χ0n) is 22.8. The molecule has 4 rings (SSSR count). The molecule has 0 fully saturated rings. The zero-order valence-corrected chi connectivity index (χ0v) is 22.8. The average molecular weight is 544 g/mol. The minimum absolute atomic E-state index is 0.0240. The highest BCUT2D eigenvalue weighted by Gasteiger charge is 2.35. The molecule has 0 radical (unpaired) electrons. The number of nitrogens with one attached hydrogen (secondary N) is 1. The second kappa shape index (κ2) is 13.2. The van der Waals surface area contributed by atoms with Gasteiger partial charge in [0.1, 0.15) is 11.9 Å². The van der Waals surface area contributed by atoms with E-state index in [2.05, 4.69) is 5.32 Å². The van der Waals surface area contributed by atoms with Crippen molar-refractivity contribution >= 4 is 23.6 Å². The van der Waals surface area contributed by atoms with E-state index in [1.165, 1.54) is 11.0 Å². The standard InChI is InChI=1S/C32H34FN3O4/c1-3-22(2)34-30(38)28(20-23-12-5-4-6-13-23)36(21-24-14-7-10-17-27(24)33)29(37)18-11-19-35-31(39)25-15-8-9-16-26(25)32(35)40/h4-10,12-17,22,28H,3,11,18-21H2,1-2H3,(H,34,38). The van der Waals surface area contributed by atoms with Gasteiger partial charge in [0.25, 0.3) is 11.8 Å². The Morgan fingerprint density at radius 3 is 2.12 bits per heavy atom. The van der Waals surface area contributed by atoms with Crippen LogP contribution in [-0.2, 0) is 22.6 Å². The van der Waals surface area contributed by atoms with Crippen LogP contribution in [-0.4, -0.2) is 52.1 Å². The van der Waals surface area contributed by atoms with Crippen LogP contribution in [0.5, 0.6) is 0 Å². The van der Waals surface area contributed by atoms with Crippen molar-refractivity contribution in [2.75, 3.05) is 6.54 Å². The molecule has 8 heteroatoms. The predicted molar refractivity (Wildman–Crippen MR) is 150 cm³/mol. The van der Waals surface area contributed by atoms with E-state index in [1.54, 1.807) is 42.5 Å². The number of fused-ring (bicyclic) bond motifs is 1. The first kappa shape index (κ1) is 28.7. The third-order valence-electron chi connectivity index (χ3n) is 7.22. The SMILES string of the molecule is CCC(C)NC(=O)C(Cc1ccccc1)N(Cc1ccccc1F)C(=O)CCCN1C(=O)c2ccccc2C1=O. The molecule has 0 saturated carbocycles. The van der Waals surface area contributed by atoms with E-state index in [-0.39, 0.29) is 62.0 Å². The maximum absolute atomic E-state index is 14.7. The molecule has 0 aliphatic carbocycles. The first-order chi connectivity index (χ1) is 19.3. The number of carbonyl (C=O) groups excluding carboxylic acids is 4. The topological polar surface area (TPSA) is 86.8 Å². The fraction of sp³-hybridized carbons (Fsp3) is 0.312. The number of nitrogens with zero attached hydrogens (tertiary/aromatic N) is 2. The average Bonchev–Trinajstić information content (AvgIpc) is 3.21. The Kier molecular flexibility index (Phi) is 9.43. The maximum Gasteiger partial charge on any atom is 0.261 e. The smallest absolute Gasteiger partial charge is 0.261 e. The molecule has 2 unspecified atom stereocenters. The number of hydrogen-bond acceptors (Lipinski definition) is 4. The van der Waals surface area contributed by atoms with Crippen molar-refractivity contribution in [3.63, 3.8) is 0 Å². The summed E-state index contributed by atoms with van der Waals surface area (Å²) in [5, 5.41) is 2.98. The summed E-state index contributed by atoms with van der Waals surface area (Å²) >= 11 is 0. The number of amides is 4. The largest absolute Gasteiger partial charge is 0.352 e. The Hall–Kier alpha value is -4.33. The summed E-state index contributed by atoms with van der Waals surface area (Å²) in [6.45, 7) is 3.82. The normalized spacial score (nSPS) is 14.0. The molecule has 40 heavy (non-hydrogen) atoms. The van der Waals surface area contributed by atoms with E-state index < -0.39 is 11.9 Å². The molecule has 1 aliphatic rings. The van der Waals surface area contributed by atoms with E-state index in [4.69, 9.17) is 0 Å². The molecule has 4 amide bonds. The fourth-order valence-electron chi connectivity index (χ4n) is 4.78. The van der Waals surface area contributed by atoms with E-state index in [0.29, 0.717) is 23.1 Å². The van der Waals surface area contributed by atoms with Gasteiger partial charge in [-0.1, -0.05) is 67.6 Å². The summed E-state index contributed by atoms with van der Waals surface area (Å²) in [5.41, 5.74) is 1.86. The fourth-order valence-corrected chi connectivity index (χ4v) is 4.78. The Morgan fingerprint density at radius 2 is 1.50 bits per heavy atom. The second-order valence-electron chi connectivity index (χ2n) is 10.0. The van der Waals surface area contributed by atoms with Gasteiger partial charge >= 0.3 is 0 Å². The van der Waals surface area contributed by atoms with Gasteiger partial charge in [0.05, 0.1) is 11.1 Å². The Bertz CT molecular complexity index is 1340. The highest BCUT2D eigenvalue weighted by atomic mass is 19.1. The monoisotopic (exact) mass is 543 g/mol. The Labute approximate surface area is 234 Å². The van der Waals surface area contributed by atoms with Crippen LogP contribution in [0.3, 0.4) is 0 Å². The van der Waals surface area contributed by atoms with Gasteiger partial charge in [-0.15, -0.1) is 0 Å². The van der Waals surface area contributed by atoms with Crippen LogP contribution in [0.25, 0.3) is 0 Å². The third kappa shape index (κ3) is 6.62. The molecule has 1 aliphatic heterocycles. The van der Waals surface area contributed by atoms with Crippen LogP contribution in [0.2, 0.25) is 0 Å². The van der Waals surface area contributed by atoms with Crippen LogP contribution < -0.4 is 5.32 Å². The van der Waals surface area contributed by atoms with Crippen LogP contribution in [0.1, 0.15) is 65.0 Å². The molecule has 3 aromatic carbocycles. The molecular formula is C32H34FN3O4. The van der Waals surface area contributed by atoms with Crippen molar-refractivity contribution < 1.29 is 23.6 Å². The van der Waals surface area contributed by atoms with Crippen molar-refractivity contribution in [1.29, 1.82) is 0 Å². The number of benzene rings is 3. The van der Waals surface area contributed by atoms with Crippen LogP contribution in [0, 0.1) is 5.82 Å². The molecule has 1 heterocycles. The van der Waals surface area contributed by atoms with Gasteiger partial charge < -0.3 is 10.2 Å². The molecule has 3 aromatic rings. The summed E-state index contributed by atoms with van der Waals surface area (Å²) in [7, 11) is 0. The lowest BCUT2D eigenvalue weighted by atomic mass is 10.0. The molecule has 1 N–H and O–H groups in total. The van der Waals surface area contributed by atoms with Crippen molar-refractivity contribution in [2.45, 2.75) is 58.2 Å². The highest BCUT2D eigenvalue weighted by Crippen LogP contribution is 2.23. The Morgan fingerprint density at radius 1 is 0.900 bits per heavy atom. The van der Waals surface area contributed by atoms with Gasteiger partial charge in [0, 0.05) is 37.5 Å². The molecular weight excluding hydrogens is 509 g/mol. The Balaban J connectivity index is 1.56. The molecule has 208 valence electrons. The van der Waals surface area contributed by atoms with Crippen molar-refractivity contribution in [3.8, 4) is 0 Å². The minimum atomic E-state index is -0.886. The number of imide groups is 1. The summed E-state index contributed by atoms with van der Waals surface area (Å²) in [5.74, 6) is -1.91. The quantitative estimate of drug-likeness (QED) is 0.334. The number of rotatable bonds is 12. The second-order valence-corrected chi connectivity index (χ2v) is 10.0. The van der Waals surface area contributed by atoms with Gasteiger partial charge in [0.15, 0.2) is 0 Å². The number of hydrogen-bond donors (Lipinski definition) is 1. The highest BCUT2D eigenvalue weighted by molar-refractivity contribution is 6.21. The molecule has 0 saturated heterocycles. The van der Waals surface area contributed by atoms with Crippen LogP contribution >= 0.6 is 0 Å². The van der Waals surface area contributed by atoms with Crippen LogP contribution in [0.15, 0.2) is 78.9 Å². The first-order valence-electron chi connectivity index (χ1n) is 13.6. The first-order valence-corrected chi connectivity index (χ1v) is 13.6. The van der Waals surface area contributed by atoms with Crippen molar-refractivity contribution in [3.05, 3.63) is 107 Å². The van der Waals surface area contributed by atoms with Gasteiger partial charge in [-0.2, -0.15) is 0 Å². The maximum atomic E-state index is 14.7. The van der Waals surface area contributed by atoms with Gasteiger partial charge in [0.2, 0.25) is 11.8 Å². The van der Waals surface area contributed by atoms with Crippen LogP contribution in [0.4, 0.5) is 4.39 Å². The predicted octanol–water partition coefficient (Wildman–Crippen LogP) is 4.76. The van der Waals surface area contributed by atoms with E-state index in [1.807, 2.05) is 44.2 Å². The van der Waals surface area contributed by atoms with Crippen molar-refractivity contribution in [1.82, 2.24) is 15.1 Å². The lowest BCUT2D eigenvalue weighted by molar-refractivity contribution is -0.141. The zero-order chi connectivity index (χ0) is 28.6.